The average molecular weight is 341 g/mol. The summed E-state index contributed by atoms with van der Waals surface area (Å²) < 4.78 is 2.63. The van der Waals surface area contributed by atoms with Gasteiger partial charge in [0.25, 0.3) is 0 Å². The van der Waals surface area contributed by atoms with Crippen molar-refractivity contribution in [2.75, 3.05) is 5.32 Å². The molecule has 0 spiro atoms. The van der Waals surface area contributed by atoms with E-state index in [4.69, 9.17) is 5.73 Å². The number of anilines is 1. The van der Waals surface area contributed by atoms with Gasteiger partial charge in [-0.3, -0.25) is 14.3 Å². The molecule has 3 N–H and O–H groups in total. The number of hydrogen-bond acceptors (Lipinski definition) is 5. The van der Waals surface area contributed by atoms with E-state index in [9.17, 15) is 9.59 Å². The van der Waals surface area contributed by atoms with Crippen LogP contribution in [0.3, 0.4) is 0 Å². The van der Waals surface area contributed by atoms with Gasteiger partial charge in [-0.05, 0) is 18.2 Å². The number of fused-ring (bicyclic) bond motifs is 1. The van der Waals surface area contributed by atoms with Crippen molar-refractivity contribution in [2.24, 2.45) is 5.73 Å². The van der Waals surface area contributed by atoms with Gasteiger partial charge >= 0.3 is 0 Å². The standard InChI is InChI=1S/C16H15N5O2S/c17-13(22)7-9-21-10-8-14(20-21)19-15(23)5-6-16-18-11-3-1-2-4-12(11)24-16/h1-6,8,10H,7,9H2,(H2,17,22)(H,19,20,23)/b6-5+. The Labute approximate surface area is 141 Å². The number of carbonyl (C=O) groups excluding carboxylic acids is 2. The van der Waals surface area contributed by atoms with Crippen LogP contribution in [-0.2, 0) is 16.1 Å². The second kappa shape index (κ2) is 7.05. The third kappa shape index (κ3) is 4.05. The number of aryl methyl sites for hydroxylation is 1. The lowest BCUT2D eigenvalue weighted by Gasteiger charge is -1.98. The first-order valence-corrected chi connectivity index (χ1v) is 8.08. The Balaban J connectivity index is 1.59. The molecule has 8 heteroatoms. The zero-order valence-electron chi connectivity index (χ0n) is 12.7. The maximum Gasteiger partial charge on any atom is 0.249 e. The molecule has 122 valence electrons. The number of aromatic nitrogens is 3. The van der Waals surface area contributed by atoms with Crippen molar-refractivity contribution in [1.82, 2.24) is 14.8 Å². The Bertz CT molecular complexity index is 879. The minimum atomic E-state index is -0.394. The van der Waals surface area contributed by atoms with Gasteiger partial charge in [0.15, 0.2) is 5.82 Å². The molecule has 1 aromatic carbocycles. The molecule has 0 saturated carbocycles. The maximum atomic E-state index is 11.9. The molecule has 2 heterocycles. The summed E-state index contributed by atoms with van der Waals surface area (Å²) in [6.45, 7) is 0.382. The molecule has 3 rings (SSSR count). The Morgan fingerprint density at radius 3 is 2.92 bits per heavy atom. The second-order valence-corrected chi connectivity index (χ2v) is 6.09. The van der Waals surface area contributed by atoms with E-state index in [0.29, 0.717) is 12.4 Å². The van der Waals surface area contributed by atoms with Crippen molar-refractivity contribution in [3.63, 3.8) is 0 Å². The lowest BCUT2D eigenvalue weighted by atomic mass is 10.3. The van der Waals surface area contributed by atoms with Crippen LogP contribution in [-0.4, -0.2) is 26.6 Å². The zero-order valence-corrected chi connectivity index (χ0v) is 13.5. The number of carbonyl (C=O) groups is 2. The van der Waals surface area contributed by atoms with Crippen LogP contribution in [0.2, 0.25) is 0 Å². The zero-order chi connectivity index (χ0) is 16.9. The van der Waals surface area contributed by atoms with Crippen LogP contribution in [0, 0.1) is 0 Å². The van der Waals surface area contributed by atoms with Crippen molar-refractivity contribution < 1.29 is 9.59 Å². The first kappa shape index (κ1) is 15.9. The van der Waals surface area contributed by atoms with Gasteiger partial charge in [0.2, 0.25) is 11.8 Å². The SMILES string of the molecule is NC(=O)CCn1ccc(NC(=O)/C=C/c2nc3ccccc3s2)n1. The fourth-order valence-electron chi connectivity index (χ4n) is 2.05. The molecule has 0 aliphatic carbocycles. The molecular formula is C16H15N5O2S. The molecule has 0 aliphatic rings. The first-order chi connectivity index (χ1) is 11.6. The van der Waals surface area contributed by atoms with Gasteiger partial charge in [-0.1, -0.05) is 12.1 Å². The molecule has 0 saturated heterocycles. The molecule has 0 bridgehead atoms. The van der Waals surface area contributed by atoms with E-state index in [2.05, 4.69) is 15.4 Å². The first-order valence-electron chi connectivity index (χ1n) is 7.26. The lowest BCUT2D eigenvalue weighted by molar-refractivity contribution is -0.118. The van der Waals surface area contributed by atoms with E-state index in [-0.39, 0.29) is 12.3 Å². The normalized spacial score (nSPS) is 11.2. The number of amides is 2. The summed E-state index contributed by atoms with van der Waals surface area (Å²) in [5, 5.41) is 7.56. The van der Waals surface area contributed by atoms with Crippen molar-refractivity contribution in [3.8, 4) is 0 Å². The molecular weight excluding hydrogens is 326 g/mol. The number of nitrogens with one attached hydrogen (secondary N) is 1. The highest BCUT2D eigenvalue weighted by atomic mass is 32.1. The predicted molar refractivity (Wildman–Crippen MR) is 93.3 cm³/mol. The number of para-hydroxylation sites is 1. The van der Waals surface area contributed by atoms with Crippen molar-refractivity contribution in [2.45, 2.75) is 13.0 Å². The van der Waals surface area contributed by atoms with Crippen LogP contribution in [0.4, 0.5) is 5.82 Å². The van der Waals surface area contributed by atoms with Crippen LogP contribution in [0.1, 0.15) is 11.4 Å². The summed E-state index contributed by atoms with van der Waals surface area (Å²) in [5.74, 6) is -0.275. The van der Waals surface area contributed by atoms with Crippen molar-refractivity contribution in [3.05, 3.63) is 47.6 Å². The Hall–Kier alpha value is -3.00. The molecule has 7 nitrogen and oxygen atoms in total. The minimum Gasteiger partial charge on any atom is -0.370 e. The van der Waals surface area contributed by atoms with E-state index >= 15 is 0 Å². The minimum absolute atomic E-state index is 0.201. The Morgan fingerprint density at radius 1 is 1.29 bits per heavy atom. The summed E-state index contributed by atoms with van der Waals surface area (Å²) in [7, 11) is 0. The highest BCUT2D eigenvalue weighted by Gasteiger charge is 2.04. The lowest BCUT2D eigenvalue weighted by Crippen LogP contribution is -2.14. The van der Waals surface area contributed by atoms with E-state index in [1.807, 2.05) is 24.3 Å². The monoisotopic (exact) mass is 341 g/mol. The number of nitrogens with zero attached hydrogens (tertiary/aromatic N) is 3. The number of hydrogen-bond donors (Lipinski definition) is 2. The molecule has 0 radical (unpaired) electrons. The number of nitrogens with two attached hydrogens (primary N) is 1. The highest BCUT2D eigenvalue weighted by Crippen LogP contribution is 2.22. The topological polar surface area (TPSA) is 103 Å². The predicted octanol–water partition coefficient (Wildman–Crippen LogP) is 2.02. The highest BCUT2D eigenvalue weighted by molar-refractivity contribution is 7.19. The van der Waals surface area contributed by atoms with Gasteiger partial charge in [0, 0.05) is 31.3 Å². The van der Waals surface area contributed by atoms with Crippen molar-refractivity contribution in [1.29, 1.82) is 0 Å². The van der Waals surface area contributed by atoms with Crippen LogP contribution in [0.5, 0.6) is 0 Å². The third-order valence-corrected chi connectivity index (χ3v) is 4.17. The fraction of sp³-hybridized carbons (Fsp3) is 0.125. The molecule has 2 amide bonds. The number of benzene rings is 1. The number of thiazole rings is 1. The molecule has 0 fully saturated rings. The number of rotatable bonds is 6. The molecule has 3 aromatic rings. The van der Waals surface area contributed by atoms with Gasteiger partial charge in [-0.2, -0.15) is 5.10 Å². The fourth-order valence-corrected chi connectivity index (χ4v) is 2.92. The largest absolute Gasteiger partial charge is 0.370 e. The molecule has 0 atom stereocenters. The van der Waals surface area contributed by atoms with E-state index in [0.717, 1.165) is 15.2 Å². The van der Waals surface area contributed by atoms with Gasteiger partial charge in [0.1, 0.15) is 5.01 Å². The van der Waals surface area contributed by atoms with Crippen LogP contribution in [0.15, 0.2) is 42.6 Å². The van der Waals surface area contributed by atoms with E-state index in [1.165, 1.54) is 17.4 Å². The van der Waals surface area contributed by atoms with E-state index < -0.39 is 5.91 Å². The molecule has 24 heavy (non-hydrogen) atoms. The molecule has 2 aromatic heterocycles. The summed E-state index contributed by atoms with van der Waals surface area (Å²) in [6.07, 6.45) is 4.96. The van der Waals surface area contributed by atoms with Gasteiger partial charge in [-0.15, -0.1) is 11.3 Å². The van der Waals surface area contributed by atoms with Crippen molar-refractivity contribution >= 4 is 45.3 Å². The van der Waals surface area contributed by atoms with Gasteiger partial charge in [0.05, 0.1) is 10.2 Å². The summed E-state index contributed by atoms with van der Waals surface area (Å²) in [6, 6.07) is 9.46. The Morgan fingerprint density at radius 2 is 2.12 bits per heavy atom. The summed E-state index contributed by atoms with van der Waals surface area (Å²) >= 11 is 1.52. The van der Waals surface area contributed by atoms with Gasteiger partial charge in [-0.25, -0.2) is 4.98 Å². The molecule has 0 aliphatic heterocycles. The average Bonchev–Trinajstić information content (AvgIpc) is 3.17. The maximum absolute atomic E-state index is 11.9. The third-order valence-electron chi connectivity index (χ3n) is 3.17. The summed E-state index contributed by atoms with van der Waals surface area (Å²) in [4.78, 5) is 27.1. The second-order valence-electron chi connectivity index (χ2n) is 5.02. The smallest absolute Gasteiger partial charge is 0.249 e. The number of primary amides is 1. The van der Waals surface area contributed by atoms with Gasteiger partial charge < -0.3 is 11.1 Å². The molecule has 0 unspecified atom stereocenters. The quantitative estimate of drug-likeness (QED) is 0.669. The van der Waals surface area contributed by atoms with E-state index in [1.54, 1.807) is 23.0 Å². The summed E-state index contributed by atoms with van der Waals surface area (Å²) in [5.41, 5.74) is 6.00. The van der Waals surface area contributed by atoms with Crippen LogP contribution < -0.4 is 11.1 Å². The van der Waals surface area contributed by atoms with Crippen LogP contribution >= 0.6 is 11.3 Å². The van der Waals surface area contributed by atoms with Crippen LogP contribution in [0.25, 0.3) is 16.3 Å². The Kier molecular flexibility index (Phi) is 4.66.